The summed E-state index contributed by atoms with van der Waals surface area (Å²) in [5.74, 6) is 0.997. The van der Waals surface area contributed by atoms with Crippen LogP contribution in [0.1, 0.15) is 36.0 Å². The second kappa shape index (κ2) is 9.85. The Morgan fingerprint density at radius 1 is 0.848 bits per heavy atom. The van der Waals surface area contributed by atoms with Gasteiger partial charge in [0.25, 0.3) is 5.91 Å². The molecule has 1 aromatic carbocycles. The molecule has 0 bridgehead atoms. The Kier molecular flexibility index (Phi) is 6.32. The molecule has 1 saturated heterocycles. The molecule has 1 N–H and O–H groups in total. The minimum absolute atomic E-state index is 0.245. The van der Waals surface area contributed by atoms with Crippen LogP contribution in [0.15, 0.2) is 61.1 Å². The van der Waals surface area contributed by atoms with E-state index in [1.807, 2.05) is 6.07 Å². The van der Waals surface area contributed by atoms with E-state index in [0.29, 0.717) is 23.1 Å². The van der Waals surface area contributed by atoms with E-state index in [2.05, 4.69) is 54.3 Å². The smallest absolute Gasteiger partial charge is 0.257 e. The molecule has 3 heterocycles. The molecule has 5 rings (SSSR count). The molecule has 0 radical (unpaired) electrons. The first-order chi connectivity index (χ1) is 16.2. The summed E-state index contributed by atoms with van der Waals surface area (Å²) in [6.45, 7) is 3.53. The lowest BCUT2D eigenvalue weighted by atomic mass is 10.2. The lowest BCUT2D eigenvalue weighted by Crippen LogP contribution is -2.47. The van der Waals surface area contributed by atoms with E-state index in [-0.39, 0.29) is 12.0 Å². The number of piperazine rings is 1. The number of carbonyl (C=O) groups is 1. The van der Waals surface area contributed by atoms with Crippen molar-refractivity contribution in [2.75, 3.05) is 41.3 Å². The summed E-state index contributed by atoms with van der Waals surface area (Å²) < 4.78 is 5.86. The molecular weight excluding hydrogens is 416 g/mol. The number of aromatic nitrogens is 3. The Morgan fingerprint density at radius 3 is 2.21 bits per heavy atom. The molecule has 8 nitrogen and oxygen atoms in total. The summed E-state index contributed by atoms with van der Waals surface area (Å²) in [5.41, 5.74) is 2.26. The van der Waals surface area contributed by atoms with Crippen LogP contribution in [0, 0.1) is 0 Å². The number of anilines is 3. The van der Waals surface area contributed by atoms with Crippen molar-refractivity contribution in [3.05, 3.63) is 66.6 Å². The fourth-order valence-electron chi connectivity index (χ4n) is 4.32. The molecule has 33 heavy (non-hydrogen) atoms. The highest BCUT2D eigenvalue weighted by molar-refractivity contribution is 6.03. The van der Waals surface area contributed by atoms with Crippen LogP contribution in [0.4, 0.5) is 17.3 Å². The number of para-hydroxylation sites is 1. The monoisotopic (exact) mass is 444 g/mol. The van der Waals surface area contributed by atoms with Gasteiger partial charge in [-0.15, -0.1) is 0 Å². The molecule has 1 aliphatic carbocycles. The first-order valence-electron chi connectivity index (χ1n) is 11.6. The number of hydrogen-bond donors (Lipinski definition) is 1. The lowest BCUT2D eigenvalue weighted by Gasteiger charge is -2.36. The van der Waals surface area contributed by atoms with Gasteiger partial charge in [-0.25, -0.2) is 15.0 Å². The molecule has 170 valence electrons. The molecule has 1 aliphatic heterocycles. The predicted molar refractivity (Wildman–Crippen MR) is 128 cm³/mol. The van der Waals surface area contributed by atoms with Crippen molar-refractivity contribution in [2.24, 2.45) is 0 Å². The van der Waals surface area contributed by atoms with Gasteiger partial charge in [0.05, 0.1) is 23.6 Å². The van der Waals surface area contributed by atoms with Gasteiger partial charge in [-0.05, 0) is 43.9 Å². The van der Waals surface area contributed by atoms with E-state index in [9.17, 15) is 4.79 Å². The van der Waals surface area contributed by atoms with Crippen molar-refractivity contribution in [3.63, 3.8) is 0 Å². The van der Waals surface area contributed by atoms with Gasteiger partial charge in [-0.2, -0.15) is 0 Å². The number of nitrogens with one attached hydrogen (secondary N) is 1. The lowest BCUT2D eigenvalue weighted by molar-refractivity contribution is 0.102. The van der Waals surface area contributed by atoms with Crippen molar-refractivity contribution < 1.29 is 9.53 Å². The Morgan fingerprint density at radius 2 is 1.55 bits per heavy atom. The zero-order chi connectivity index (χ0) is 22.5. The molecule has 0 atom stereocenters. The topological polar surface area (TPSA) is 83.5 Å². The first kappa shape index (κ1) is 21.2. The second-order valence-corrected chi connectivity index (χ2v) is 8.44. The minimum Gasteiger partial charge on any atom is -0.474 e. The molecule has 2 aliphatic rings. The second-order valence-electron chi connectivity index (χ2n) is 8.44. The number of hydrogen-bond acceptors (Lipinski definition) is 7. The van der Waals surface area contributed by atoms with E-state index in [1.54, 1.807) is 30.7 Å². The zero-order valence-electron chi connectivity index (χ0n) is 18.6. The molecule has 2 fully saturated rings. The van der Waals surface area contributed by atoms with Gasteiger partial charge in [-0.3, -0.25) is 4.79 Å². The van der Waals surface area contributed by atoms with Crippen LogP contribution >= 0.6 is 0 Å². The van der Waals surface area contributed by atoms with E-state index < -0.39 is 0 Å². The zero-order valence-corrected chi connectivity index (χ0v) is 18.6. The first-order valence-corrected chi connectivity index (χ1v) is 11.6. The fraction of sp³-hybridized carbons (Fsp3) is 0.360. The summed E-state index contributed by atoms with van der Waals surface area (Å²) in [6.07, 6.45) is 9.64. The highest BCUT2D eigenvalue weighted by Crippen LogP contribution is 2.23. The van der Waals surface area contributed by atoms with Crippen LogP contribution in [0.5, 0.6) is 5.88 Å². The van der Waals surface area contributed by atoms with E-state index in [4.69, 9.17) is 4.74 Å². The van der Waals surface area contributed by atoms with Crippen molar-refractivity contribution >= 4 is 23.2 Å². The van der Waals surface area contributed by atoms with Crippen LogP contribution in [-0.4, -0.2) is 53.1 Å². The van der Waals surface area contributed by atoms with Gasteiger partial charge in [0.2, 0.25) is 11.8 Å². The van der Waals surface area contributed by atoms with Crippen LogP contribution in [0.2, 0.25) is 0 Å². The van der Waals surface area contributed by atoms with E-state index in [1.165, 1.54) is 18.5 Å². The summed E-state index contributed by atoms with van der Waals surface area (Å²) in [6, 6.07) is 13.9. The molecule has 1 amide bonds. The number of nitrogens with zero attached hydrogens (tertiary/aromatic N) is 5. The normalized spacial score (nSPS) is 16.6. The molecule has 0 spiro atoms. The van der Waals surface area contributed by atoms with Crippen molar-refractivity contribution in [1.29, 1.82) is 0 Å². The van der Waals surface area contributed by atoms with Gasteiger partial charge in [0.1, 0.15) is 6.10 Å². The standard InChI is InChI=1S/C25H28N6O2/c32-24(19-10-11-23(26-16-19)33-22-8-4-5-9-22)29-20-17-27-25(28-18-20)31-14-12-30(13-15-31)21-6-2-1-3-7-21/h1-3,6-7,10-11,16-18,22H,4-5,8-9,12-15H2,(H,29,32). The van der Waals surface area contributed by atoms with Gasteiger partial charge >= 0.3 is 0 Å². The summed E-state index contributed by atoms with van der Waals surface area (Å²) in [5, 5.41) is 2.84. The van der Waals surface area contributed by atoms with Crippen LogP contribution in [0.25, 0.3) is 0 Å². The third kappa shape index (κ3) is 5.22. The Bertz CT molecular complexity index is 1040. The number of carbonyl (C=O) groups excluding carboxylic acids is 1. The molecule has 8 heteroatoms. The Hall–Kier alpha value is -3.68. The molecule has 2 aromatic heterocycles. The maximum Gasteiger partial charge on any atom is 0.257 e. The molecule has 1 saturated carbocycles. The fourth-order valence-corrected chi connectivity index (χ4v) is 4.32. The number of pyridine rings is 1. The van der Waals surface area contributed by atoms with Gasteiger partial charge < -0.3 is 19.9 Å². The number of ether oxygens (including phenoxy) is 1. The van der Waals surface area contributed by atoms with Crippen molar-refractivity contribution in [3.8, 4) is 5.88 Å². The summed E-state index contributed by atoms with van der Waals surface area (Å²) >= 11 is 0. The minimum atomic E-state index is -0.247. The third-order valence-corrected chi connectivity index (χ3v) is 6.17. The highest BCUT2D eigenvalue weighted by Gasteiger charge is 2.20. The van der Waals surface area contributed by atoms with Crippen LogP contribution < -0.4 is 19.9 Å². The van der Waals surface area contributed by atoms with Crippen molar-refractivity contribution in [1.82, 2.24) is 15.0 Å². The van der Waals surface area contributed by atoms with Crippen LogP contribution in [-0.2, 0) is 0 Å². The number of amides is 1. The average molecular weight is 445 g/mol. The van der Waals surface area contributed by atoms with E-state index in [0.717, 1.165) is 39.0 Å². The van der Waals surface area contributed by atoms with Crippen LogP contribution in [0.3, 0.4) is 0 Å². The average Bonchev–Trinajstić information content (AvgIpc) is 3.39. The van der Waals surface area contributed by atoms with Crippen molar-refractivity contribution in [2.45, 2.75) is 31.8 Å². The largest absolute Gasteiger partial charge is 0.474 e. The number of benzene rings is 1. The SMILES string of the molecule is O=C(Nc1cnc(N2CCN(c3ccccc3)CC2)nc1)c1ccc(OC2CCCC2)nc1. The molecule has 0 unspecified atom stereocenters. The van der Waals surface area contributed by atoms with Gasteiger partial charge in [-0.1, -0.05) is 18.2 Å². The van der Waals surface area contributed by atoms with E-state index >= 15 is 0 Å². The maximum atomic E-state index is 12.6. The summed E-state index contributed by atoms with van der Waals surface area (Å²) in [4.78, 5) is 30.3. The molecule has 3 aromatic rings. The van der Waals surface area contributed by atoms with Gasteiger partial charge in [0, 0.05) is 44.1 Å². The highest BCUT2D eigenvalue weighted by atomic mass is 16.5. The Balaban J connectivity index is 1.13. The quantitative estimate of drug-likeness (QED) is 0.620. The Labute approximate surface area is 193 Å². The maximum absolute atomic E-state index is 12.6. The summed E-state index contributed by atoms with van der Waals surface area (Å²) in [7, 11) is 0. The number of rotatable bonds is 6. The van der Waals surface area contributed by atoms with Gasteiger partial charge in [0.15, 0.2) is 0 Å². The molecular formula is C25H28N6O2. The third-order valence-electron chi connectivity index (χ3n) is 6.17. The predicted octanol–water partition coefficient (Wildman–Crippen LogP) is 3.77.